The minimum atomic E-state index is -0.0497. The molecule has 1 N–H and O–H groups in total. The van der Waals surface area contributed by atoms with Gasteiger partial charge in [0.05, 0.1) is 4.47 Å². The number of anilines is 1. The van der Waals surface area contributed by atoms with Crippen LogP contribution in [0.5, 0.6) is 0 Å². The van der Waals surface area contributed by atoms with Gasteiger partial charge in [0.15, 0.2) is 0 Å². The maximum atomic E-state index is 12.0. The molecule has 0 spiro atoms. The fraction of sp³-hybridized carbons (Fsp3) is 0.500. The molecular formula is C12H16BrN3O. The van der Waals surface area contributed by atoms with E-state index < -0.39 is 0 Å². The summed E-state index contributed by atoms with van der Waals surface area (Å²) in [4.78, 5) is 18.0. The molecule has 0 saturated carbocycles. The molecule has 17 heavy (non-hydrogen) atoms. The largest absolute Gasteiger partial charge is 0.325 e. The minimum Gasteiger partial charge on any atom is -0.325 e. The number of hydrogen-bond donors (Lipinski definition) is 1. The summed E-state index contributed by atoms with van der Waals surface area (Å²) in [6.45, 7) is 1.69. The van der Waals surface area contributed by atoms with E-state index in [1.807, 2.05) is 17.0 Å². The third-order valence-electron chi connectivity index (χ3n) is 2.88. The summed E-state index contributed by atoms with van der Waals surface area (Å²) in [7, 11) is 0. The van der Waals surface area contributed by atoms with Gasteiger partial charge in [-0.05, 0) is 40.9 Å². The maximum Gasteiger partial charge on any atom is 0.323 e. The van der Waals surface area contributed by atoms with E-state index in [9.17, 15) is 4.79 Å². The first-order valence-electron chi connectivity index (χ1n) is 5.94. The van der Waals surface area contributed by atoms with Crippen LogP contribution < -0.4 is 5.32 Å². The van der Waals surface area contributed by atoms with E-state index in [4.69, 9.17) is 0 Å². The predicted octanol–water partition coefficient (Wildman–Crippen LogP) is 3.25. The first-order chi connectivity index (χ1) is 8.27. The lowest BCUT2D eigenvalue weighted by Gasteiger charge is -2.20. The van der Waals surface area contributed by atoms with Crippen LogP contribution in [0.15, 0.2) is 22.8 Å². The average molecular weight is 298 g/mol. The highest BCUT2D eigenvalue weighted by molar-refractivity contribution is 9.10. The van der Waals surface area contributed by atoms with E-state index in [1.165, 1.54) is 12.8 Å². The van der Waals surface area contributed by atoms with Gasteiger partial charge in [0, 0.05) is 19.3 Å². The number of pyridine rings is 1. The van der Waals surface area contributed by atoms with Crippen molar-refractivity contribution in [2.45, 2.75) is 25.7 Å². The second kappa shape index (κ2) is 6.00. The highest BCUT2D eigenvalue weighted by Gasteiger charge is 2.16. The number of likely N-dealkylation sites (tertiary alicyclic amines) is 1. The lowest BCUT2D eigenvalue weighted by molar-refractivity contribution is 0.213. The van der Waals surface area contributed by atoms with Gasteiger partial charge in [0.25, 0.3) is 0 Å². The van der Waals surface area contributed by atoms with Gasteiger partial charge in [-0.15, -0.1) is 0 Å². The Bertz CT molecular complexity index is 389. The maximum absolute atomic E-state index is 12.0. The molecule has 1 fully saturated rings. The van der Waals surface area contributed by atoms with Gasteiger partial charge in [-0.25, -0.2) is 9.78 Å². The Balaban J connectivity index is 1.98. The van der Waals surface area contributed by atoms with Crippen molar-refractivity contribution in [1.29, 1.82) is 0 Å². The number of rotatable bonds is 1. The number of amides is 2. The molecule has 1 saturated heterocycles. The lowest BCUT2D eigenvalue weighted by Crippen LogP contribution is -2.35. The molecular weight excluding hydrogens is 282 g/mol. The fourth-order valence-electron chi connectivity index (χ4n) is 1.93. The Hall–Kier alpha value is -1.10. The number of nitrogens with zero attached hydrogens (tertiary/aromatic N) is 2. The quantitative estimate of drug-likeness (QED) is 0.865. The van der Waals surface area contributed by atoms with Crippen molar-refractivity contribution in [2.24, 2.45) is 0 Å². The van der Waals surface area contributed by atoms with Crippen molar-refractivity contribution in [3.05, 3.63) is 22.8 Å². The van der Waals surface area contributed by atoms with Gasteiger partial charge in [-0.3, -0.25) is 5.32 Å². The van der Waals surface area contributed by atoms with Crippen LogP contribution in [0.25, 0.3) is 0 Å². The molecule has 2 heterocycles. The van der Waals surface area contributed by atoms with Crippen molar-refractivity contribution in [2.75, 3.05) is 18.4 Å². The van der Waals surface area contributed by atoms with E-state index >= 15 is 0 Å². The number of nitrogens with one attached hydrogen (secondary N) is 1. The molecule has 0 bridgehead atoms. The Morgan fingerprint density at radius 3 is 2.65 bits per heavy atom. The summed E-state index contributed by atoms with van der Waals surface area (Å²) in [5, 5.41) is 2.84. The molecule has 0 aromatic carbocycles. The molecule has 0 unspecified atom stereocenters. The van der Waals surface area contributed by atoms with Gasteiger partial charge >= 0.3 is 6.03 Å². The van der Waals surface area contributed by atoms with Crippen molar-refractivity contribution < 1.29 is 4.79 Å². The third kappa shape index (κ3) is 3.43. The number of hydrogen-bond acceptors (Lipinski definition) is 2. The predicted molar refractivity (Wildman–Crippen MR) is 71.0 cm³/mol. The minimum absolute atomic E-state index is 0.0497. The second-order valence-electron chi connectivity index (χ2n) is 4.17. The zero-order chi connectivity index (χ0) is 12.1. The van der Waals surface area contributed by atoms with Crippen LogP contribution in [0, 0.1) is 0 Å². The molecule has 2 amide bonds. The lowest BCUT2D eigenvalue weighted by atomic mass is 10.2. The van der Waals surface area contributed by atoms with Gasteiger partial charge < -0.3 is 4.90 Å². The summed E-state index contributed by atoms with van der Waals surface area (Å²) in [6, 6.07) is 3.64. The van der Waals surface area contributed by atoms with Crippen molar-refractivity contribution in [1.82, 2.24) is 9.88 Å². The molecule has 92 valence electrons. The highest BCUT2D eigenvalue weighted by Crippen LogP contribution is 2.19. The Morgan fingerprint density at radius 2 is 2.00 bits per heavy atom. The Morgan fingerprint density at radius 1 is 1.29 bits per heavy atom. The van der Waals surface area contributed by atoms with Crippen LogP contribution in [-0.4, -0.2) is 29.0 Å². The molecule has 5 heteroatoms. The van der Waals surface area contributed by atoms with Gasteiger partial charge in [-0.2, -0.15) is 0 Å². The standard InChI is InChI=1S/C12H16BrN3O/c13-10-6-5-7-14-11(10)15-12(17)16-8-3-1-2-4-9-16/h5-7H,1-4,8-9H2,(H,14,15,17). The van der Waals surface area contributed by atoms with E-state index in [0.717, 1.165) is 30.4 Å². The summed E-state index contributed by atoms with van der Waals surface area (Å²) in [5.41, 5.74) is 0. The molecule has 1 aromatic rings. The Kier molecular flexibility index (Phi) is 4.36. The van der Waals surface area contributed by atoms with Crippen LogP contribution in [0.4, 0.5) is 10.6 Å². The molecule has 1 aliphatic rings. The first kappa shape index (κ1) is 12.4. The van der Waals surface area contributed by atoms with E-state index in [-0.39, 0.29) is 6.03 Å². The molecule has 0 radical (unpaired) electrons. The summed E-state index contributed by atoms with van der Waals surface area (Å²) < 4.78 is 0.808. The van der Waals surface area contributed by atoms with Crippen molar-refractivity contribution >= 4 is 27.8 Å². The fourth-order valence-corrected chi connectivity index (χ4v) is 2.29. The molecule has 4 nitrogen and oxygen atoms in total. The van der Waals surface area contributed by atoms with Crippen LogP contribution in [0.1, 0.15) is 25.7 Å². The topological polar surface area (TPSA) is 45.2 Å². The summed E-state index contributed by atoms with van der Waals surface area (Å²) in [6.07, 6.45) is 6.30. The van der Waals surface area contributed by atoms with Crippen molar-refractivity contribution in [3.63, 3.8) is 0 Å². The van der Waals surface area contributed by atoms with E-state index in [0.29, 0.717) is 5.82 Å². The van der Waals surface area contributed by atoms with E-state index in [1.54, 1.807) is 6.20 Å². The van der Waals surface area contributed by atoms with Gasteiger partial charge in [0.1, 0.15) is 5.82 Å². The van der Waals surface area contributed by atoms with Crippen LogP contribution in [0.2, 0.25) is 0 Å². The molecule has 0 aliphatic carbocycles. The summed E-state index contributed by atoms with van der Waals surface area (Å²) in [5.74, 6) is 0.585. The molecule has 0 atom stereocenters. The van der Waals surface area contributed by atoms with Crippen LogP contribution in [0.3, 0.4) is 0 Å². The first-order valence-corrected chi connectivity index (χ1v) is 6.73. The molecule has 1 aliphatic heterocycles. The number of halogens is 1. The van der Waals surface area contributed by atoms with Gasteiger partial charge in [0.2, 0.25) is 0 Å². The zero-order valence-electron chi connectivity index (χ0n) is 9.66. The third-order valence-corrected chi connectivity index (χ3v) is 3.52. The average Bonchev–Trinajstić information content (AvgIpc) is 2.61. The SMILES string of the molecule is O=C(Nc1ncccc1Br)N1CCCCCC1. The van der Waals surface area contributed by atoms with E-state index in [2.05, 4.69) is 26.2 Å². The Labute approximate surface area is 110 Å². The molecule has 2 rings (SSSR count). The number of carbonyl (C=O) groups is 1. The summed E-state index contributed by atoms with van der Waals surface area (Å²) >= 11 is 3.37. The van der Waals surface area contributed by atoms with Crippen LogP contribution in [-0.2, 0) is 0 Å². The highest BCUT2D eigenvalue weighted by atomic mass is 79.9. The normalized spacial score (nSPS) is 16.4. The van der Waals surface area contributed by atoms with Gasteiger partial charge in [-0.1, -0.05) is 12.8 Å². The molecule has 1 aromatic heterocycles. The number of aromatic nitrogens is 1. The smallest absolute Gasteiger partial charge is 0.323 e. The number of carbonyl (C=O) groups excluding carboxylic acids is 1. The van der Waals surface area contributed by atoms with Crippen LogP contribution >= 0.6 is 15.9 Å². The zero-order valence-corrected chi connectivity index (χ0v) is 11.2. The second-order valence-corrected chi connectivity index (χ2v) is 5.02. The number of urea groups is 1. The van der Waals surface area contributed by atoms with Crippen molar-refractivity contribution in [3.8, 4) is 0 Å². The monoisotopic (exact) mass is 297 g/mol.